The molecule has 0 aliphatic carbocycles. The molecule has 4 rings (SSSR count). The molecule has 4 aromatic rings. The van der Waals surface area contributed by atoms with Gasteiger partial charge in [0.25, 0.3) is 5.91 Å². The summed E-state index contributed by atoms with van der Waals surface area (Å²) in [5.41, 5.74) is 5.68. The smallest absolute Gasteiger partial charge is 0.251 e. The summed E-state index contributed by atoms with van der Waals surface area (Å²) in [6.45, 7) is 6.06. The first kappa shape index (κ1) is 23.7. The number of amides is 1. The van der Waals surface area contributed by atoms with Crippen molar-refractivity contribution in [2.24, 2.45) is 0 Å². The maximum Gasteiger partial charge on any atom is 0.251 e. The highest BCUT2D eigenvalue weighted by molar-refractivity contribution is 5.94. The van der Waals surface area contributed by atoms with E-state index in [9.17, 15) is 4.79 Å². The van der Waals surface area contributed by atoms with E-state index in [0.29, 0.717) is 18.0 Å². The first-order valence-electron chi connectivity index (χ1n) is 12.5. The lowest BCUT2D eigenvalue weighted by Gasteiger charge is -2.12. The summed E-state index contributed by atoms with van der Waals surface area (Å²) in [7, 11) is 0. The van der Waals surface area contributed by atoms with Crippen molar-refractivity contribution in [3.63, 3.8) is 0 Å². The molecule has 0 saturated heterocycles. The number of benzene rings is 3. The van der Waals surface area contributed by atoms with Gasteiger partial charge in [-0.05, 0) is 60.6 Å². The fourth-order valence-electron chi connectivity index (χ4n) is 4.34. The Bertz CT molecular complexity index is 1190. The van der Waals surface area contributed by atoms with Crippen LogP contribution < -0.4 is 5.32 Å². The van der Waals surface area contributed by atoms with Gasteiger partial charge in [0.1, 0.15) is 5.82 Å². The number of imidazole rings is 1. The molecule has 34 heavy (non-hydrogen) atoms. The second-order valence-electron chi connectivity index (χ2n) is 9.09. The number of aryl methyl sites for hydroxylation is 1. The van der Waals surface area contributed by atoms with E-state index < -0.39 is 0 Å². The van der Waals surface area contributed by atoms with Crippen molar-refractivity contribution >= 4 is 16.9 Å². The average molecular weight is 454 g/mol. The van der Waals surface area contributed by atoms with E-state index in [1.165, 1.54) is 16.6 Å². The van der Waals surface area contributed by atoms with Gasteiger partial charge in [-0.1, -0.05) is 74.9 Å². The number of carbonyl (C=O) groups excluding carboxylic acids is 1. The van der Waals surface area contributed by atoms with Crippen LogP contribution in [0, 0.1) is 0 Å². The number of nitrogens with zero attached hydrogens (tertiary/aromatic N) is 2. The van der Waals surface area contributed by atoms with Gasteiger partial charge >= 0.3 is 0 Å². The van der Waals surface area contributed by atoms with Gasteiger partial charge < -0.3 is 9.88 Å². The molecule has 4 heteroatoms. The summed E-state index contributed by atoms with van der Waals surface area (Å²) in [5.74, 6) is 1.73. The molecule has 3 aromatic carbocycles. The van der Waals surface area contributed by atoms with E-state index in [2.05, 4.69) is 72.3 Å². The Balaban J connectivity index is 1.34. The Morgan fingerprint density at radius 2 is 1.65 bits per heavy atom. The van der Waals surface area contributed by atoms with E-state index in [4.69, 9.17) is 4.98 Å². The van der Waals surface area contributed by atoms with Crippen LogP contribution in [0.3, 0.4) is 0 Å². The molecule has 1 amide bonds. The summed E-state index contributed by atoms with van der Waals surface area (Å²) in [4.78, 5) is 17.1. The van der Waals surface area contributed by atoms with Crippen molar-refractivity contribution in [2.75, 3.05) is 6.54 Å². The predicted octanol–water partition coefficient (Wildman–Crippen LogP) is 6.74. The Morgan fingerprint density at radius 1 is 0.912 bits per heavy atom. The van der Waals surface area contributed by atoms with Crippen LogP contribution in [0.25, 0.3) is 11.0 Å². The zero-order valence-electron chi connectivity index (χ0n) is 20.3. The fraction of sp³-hybridized carbons (Fsp3) is 0.333. The van der Waals surface area contributed by atoms with Gasteiger partial charge in [0.15, 0.2) is 0 Å². The lowest BCUT2D eigenvalue weighted by Crippen LogP contribution is -2.24. The number of unbranched alkanes of at least 4 members (excludes halogenated alkanes) is 2. The van der Waals surface area contributed by atoms with Crippen LogP contribution in [-0.4, -0.2) is 22.0 Å². The molecule has 0 saturated carbocycles. The van der Waals surface area contributed by atoms with E-state index in [0.717, 1.165) is 50.0 Å². The highest BCUT2D eigenvalue weighted by atomic mass is 16.1. The third kappa shape index (κ3) is 5.93. The average Bonchev–Trinajstić information content (AvgIpc) is 3.23. The molecule has 176 valence electrons. The molecule has 0 bridgehead atoms. The second kappa shape index (κ2) is 11.6. The summed E-state index contributed by atoms with van der Waals surface area (Å²) in [6, 6.07) is 26.9. The second-order valence-corrected chi connectivity index (χ2v) is 9.09. The number of aromatic nitrogens is 2. The highest BCUT2D eigenvalue weighted by Crippen LogP contribution is 2.22. The Labute approximate surface area is 203 Å². The van der Waals surface area contributed by atoms with E-state index in [1.54, 1.807) is 0 Å². The lowest BCUT2D eigenvalue weighted by atomic mass is 9.97. The van der Waals surface area contributed by atoms with Crippen molar-refractivity contribution in [1.82, 2.24) is 14.9 Å². The Hall–Kier alpha value is -3.40. The number of carbonyl (C=O) groups is 1. The van der Waals surface area contributed by atoms with Gasteiger partial charge in [-0.15, -0.1) is 0 Å². The number of nitrogens with one attached hydrogen (secondary N) is 1. The van der Waals surface area contributed by atoms with Crippen molar-refractivity contribution in [3.8, 4) is 0 Å². The maximum atomic E-state index is 12.2. The van der Waals surface area contributed by atoms with E-state index in [-0.39, 0.29) is 5.91 Å². The Kier molecular flexibility index (Phi) is 8.13. The molecule has 0 aliphatic heterocycles. The molecule has 4 nitrogen and oxygen atoms in total. The normalized spacial score (nSPS) is 12.1. The minimum Gasteiger partial charge on any atom is -0.352 e. The topological polar surface area (TPSA) is 46.9 Å². The summed E-state index contributed by atoms with van der Waals surface area (Å²) in [6.07, 6.45) is 5.17. The van der Waals surface area contributed by atoms with Crippen LogP contribution >= 0.6 is 0 Å². The largest absolute Gasteiger partial charge is 0.352 e. The third-order valence-corrected chi connectivity index (χ3v) is 6.63. The quantitative estimate of drug-likeness (QED) is 0.256. The highest BCUT2D eigenvalue weighted by Gasteiger charge is 2.11. The van der Waals surface area contributed by atoms with Crippen molar-refractivity contribution in [3.05, 3.63) is 101 Å². The molecule has 0 radical (unpaired) electrons. The minimum absolute atomic E-state index is 0.00161. The standard InChI is InChI=1S/C30H35N3O/c1-3-23(2)25-19-17-24(18-20-25)22-33-28-15-10-9-14-27(28)32-29(33)16-8-5-11-21-31-30(34)26-12-6-4-7-13-26/h4,6-7,9-10,12-15,17-20,23H,3,5,8,11,16,21-22H2,1-2H3,(H,31,34). The number of hydrogen-bond donors (Lipinski definition) is 1. The number of rotatable bonds is 11. The molecule has 0 fully saturated rings. The molecular formula is C30H35N3O. The molecule has 1 heterocycles. The van der Waals surface area contributed by atoms with Crippen LogP contribution in [0.4, 0.5) is 0 Å². The zero-order valence-corrected chi connectivity index (χ0v) is 20.3. The van der Waals surface area contributed by atoms with E-state index in [1.807, 2.05) is 30.3 Å². The first-order chi connectivity index (χ1) is 16.7. The molecule has 1 unspecified atom stereocenters. The van der Waals surface area contributed by atoms with Crippen LogP contribution in [0.2, 0.25) is 0 Å². The maximum absolute atomic E-state index is 12.2. The predicted molar refractivity (Wildman–Crippen MR) is 140 cm³/mol. The van der Waals surface area contributed by atoms with Crippen LogP contribution in [-0.2, 0) is 13.0 Å². The Morgan fingerprint density at radius 3 is 2.41 bits per heavy atom. The molecule has 0 aliphatic rings. The molecule has 1 N–H and O–H groups in total. The SMILES string of the molecule is CCC(C)c1ccc(Cn2c(CCCCCNC(=O)c3ccccc3)nc3ccccc32)cc1. The van der Waals surface area contributed by atoms with Crippen LogP contribution in [0.1, 0.15) is 72.8 Å². The van der Waals surface area contributed by atoms with Gasteiger partial charge in [0, 0.05) is 25.1 Å². The first-order valence-corrected chi connectivity index (χ1v) is 12.5. The molecule has 1 atom stereocenters. The number of fused-ring (bicyclic) bond motifs is 1. The minimum atomic E-state index is 0.00161. The monoisotopic (exact) mass is 453 g/mol. The van der Waals surface area contributed by atoms with Gasteiger partial charge in [0.05, 0.1) is 11.0 Å². The van der Waals surface area contributed by atoms with Gasteiger partial charge in [0.2, 0.25) is 0 Å². The fourth-order valence-corrected chi connectivity index (χ4v) is 4.34. The number of para-hydroxylation sites is 2. The van der Waals surface area contributed by atoms with Crippen molar-refractivity contribution < 1.29 is 4.79 Å². The zero-order chi connectivity index (χ0) is 23.8. The summed E-state index contributed by atoms with van der Waals surface area (Å²) in [5, 5.41) is 3.02. The molecular weight excluding hydrogens is 418 g/mol. The van der Waals surface area contributed by atoms with Gasteiger partial charge in [-0.25, -0.2) is 4.98 Å². The van der Waals surface area contributed by atoms with Crippen LogP contribution in [0.5, 0.6) is 0 Å². The summed E-state index contributed by atoms with van der Waals surface area (Å²) >= 11 is 0. The van der Waals surface area contributed by atoms with E-state index >= 15 is 0 Å². The summed E-state index contributed by atoms with van der Waals surface area (Å²) < 4.78 is 2.37. The van der Waals surface area contributed by atoms with Gasteiger partial charge in [-0.2, -0.15) is 0 Å². The molecule has 1 aromatic heterocycles. The van der Waals surface area contributed by atoms with Gasteiger partial charge in [-0.3, -0.25) is 4.79 Å². The molecule has 0 spiro atoms. The third-order valence-electron chi connectivity index (χ3n) is 6.63. The lowest BCUT2D eigenvalue weighted by molar-refractivity contribution is 0.0953. The van der Waals surface area contributed by atoms with Crippen molar-refractivity contribution in [2.45, 2.75) is 58.4 Å². The van der Waals surface area contributed by atoms with Crippen molar-refractivity contribution in [1.29, 1.82) is 0 Å². The van der Waals surface area contributed by atoms with Crippen LogP contribution in [0.15, 0.2) is 78.9 Å². The number of hydrogen-bond acceptors (Lipinski definition) is 2.